The molecule has 3 heteroatoms. The fraction of sp³-hybridized carbons (Fsp3) is 0.538. The molecule has 0 aromatic carbocycles. The summed E-state index contributed by atoms with van der Waals surface area (Å²) in [6.07, 6.45) is 0. The molecule has 0 saturated carbocycles. The van der Waals surface area contributed by atoms with Crippen molar-refractivity contribution in [3.63, 3.8) is 0 Å². The SMILES string of the molecule is Cc1cc(C)c(C#N)c(N(C)CC(C)C)n1. The van der Waals surface area contributed by atoms with Gasteiger partial charge in [-0.1, -0.05) is 13.8 Å². The zero-order chi connectivity index (χ0) is 12.3. The first kappa shape index (κ1) is 12.5. The highest BCUT2D eigenvalue weighted by Gasteiger charge is 2.13. The Bertz CT molecular complexity index is 416. The Labute approximate surface area is 97.7 Å². The molecular weight excluding hydrogens is 198 g/mol. The van der Waals surface area contributed by atoms with Crippen LogP contribution in [0.2, 0.25) is 0 Å². The third-order valence-electron chi connectivity index (χ3n) is 2.44. The summed E-state index contributed by atoms with van der Waals surface area (Å²) in [7, 11) is 1.99. The average Bonchev–Trinajstić information content (AvgIpc) is 2.15. The first-order valence-corrected chi connectivity index (χ1v) is 5.55. The number of hydrogen-bond acceptors (Lipinski definition) is 3. The zero-order valence-corrected chi connectivity index (χ0v) is 10.7. The quantitative estimate of drug-likeness (QED) is 0.781. The Morgan fingerprint density at radius 2 is 2.06 bits per heavy atom. The molecule has 1 rings (SSSR count). The highest BCUT2D eigenvalue weighted by Crippen LogP contribution is 2.21. The third-order valence-corrected chi connectivity index (χ3v) is 2.44. The first-order chi connectivity index (χ1) is 7.45. The second-order valence-electron chi connectivity index (χ2n) is 4.67. The van der Waals surface area contributed by atoms with E-state index in [1.807, 2.05) is 27.0 Å². The molecule has 1 heterocycles. The molecule has 0 N–H and O–H groups in total. The van der Waals surface area contributed by atoms with Gasteiger partial charge in [-0.05, 0) is 31.4 Å². The van der Waals surface area contributed by atoms with Gasteiger partial charge in [0.25, 0.3) is 0 Å². The van der Waals surface area contributed by atoms with Crippen molar-refractivity contribution in [3.05, 3.63) is 22.9 Å². The van der Waals surface area contributed by atoms with E-state index in [1.165, 1.54) is 0 Å². The highest BCUT2D eigenvalue weighted by molar-refractivity contribution is 5.57. The van der Waals surface area contributed by atoms with Crippen molar-refractivity contribution in [3.8, 4) is 6.07 Å². The van der Waals surface area contributed by atoms with Gasteiger partial charge in [0.2, 0.25) is 0 Å². The number of anilines is 1. The number of nitrogens with zero attached hydrogens (tertiary/aromatic N) is 3. The summed E-state index contributed by atoms with van der Waals surface area (Å²) in [4.78, 5) is 6.52. The maximum absolute atomic E-state index is 9.16. The summed E-state index contributed by atoms with van der Waals surface area (Å²) in [6.45, 7) is 9.14. The molecule has 0 spiro atoms. The van der Waals surface area contributed by atoms with Gasteiger partial charge in [-0.2, -0.15) is 5.26 Å². The van der Waals surface area contributed by atoms with Crippen LogP contribution in [-0.2, 0) is 0 Å². The van der Waals surface area contributed by atoms with Crippen LogP contribution in [0.5, 0.6) is 0 Å². The van der Waals surface area contributed by atoms with Gasteiger partial charge < -0.3 is 4.90 Å². The van der Waals surface area contributed by atoms with Crippen LogP contribution in [0, 0.1) is 31.1 Å². The Hall–Kier alpha value is -1.56. The Kier molecular flexibility index (Phi) is 3.89. The van der Waals surface area contributed by atoms with Crippen molar-refractivity contribution in [2.45, 2.75) is 27.7 Å². The molecule has 3 nitrogen and oxygen atoms in total. The molecule has 0 aliphatic carbocycles. The molecule has 1 aromatic rings. The number of pyridine rings is 1. The number of aryl methyl sites for hydroxylation is 2. The minimum atomic E-state index is 0.555. The molecule has 1 aromatic heterocycles. The van der Waals surface area contributed by atoms with Crippen molar-refractivity contribution in [1.82, 2.24) is 4.98 Å². The minimum Gasteiger partial charge on any atom is -0.358 e. The van der Waals surface area contributed by atoms with Gasteiger partial charge in [-0.15, -0.1) is 0 Å². The molecular formula is C13H19N3. The first-order valence-electron chi connectivity index (χ1n) is 5.55. The predicted octanol–water partition coefficient (Wildman–Crippen LogP) is 2.66. The van der Waals surface area contributed by atoms with E-state index in [-0.39, 0.29) is 0 Å². The summed E-state index contributed by atoms with van der Waals surface area (Å²) < 4.78 is 0. The lowest BCUT2D eigenvalue weighted by atomic mass is 10.1. The van der Waals surface area contributed by atoms with Crippen LogP contribution in [0.3, 0.4) is 0 Å². The van der Waals surface area contributed by atoms with Crippen molar-refractivity contribution in [2.24, 2.45) is 5.92 Å². The van der Waals surface area contributed by atoms with E-state index in [9.17, 15) is 0 Å². The topological polar surface area (TPSA) is 39.9 Å². The van der Waals surface area contributed by atoms with Crippen LogP contribution < -0.4 is 4.90 Å². The zero-order valence-electron chi connectivity index (χ0n) is 10.7. The van der Waals surface area contributed by atoms with Crippen LogP contribution in [-0.4, -0.2) is 18.6 Å². The summed E-state index contributed by atoms with van der Waals surface area (Å²) in [6, 6.07) is 4.19. The smallest absolute Gasteiger partial charge is 0.146 e. The summed E-state index contributed by atoms with van der Waals surface area (Å²) >= 11 is 0. The molecule has 0 aliphatic heterocycles. The molecule has 0 atom stereocenters. The normalized spacial score (nSPS) is 10.3. The van der Waals surface area contributed by atoms with Crippen molar-refractivity contribution >= 4 is 5.82 Å². The fourth-order valence-electron chi connectivity index (χ4n) is 1.87. The maximum atomic E-state index is 9.16. The summed E-state index contributed by atoms with van der Waals surface area (Å²) in [5.74, 6) is 1.35. The van der Waals surface area contributed by atoms with Crippen LogP contribution in [0.4, 0.5) is 5.82 Å². The molecule has 86 valence electrons. The minimum absolute atomic E-state index is 0.555. The molecule has 0 unspecified atom stereocenters. The molecule has 0 amide bonds. The van der Waals surface area contributed by atoms with Gasteiger partial charge in [0.15, 0.2) is 0 Å². The van der Waals surface area contributed by atoms with Crippen LogP contribution in [0.1, 0.15) is 30.7 Å². The van der Waals surface area contributed by atoms with Crippen LogP contribution >= 0.6 is 0 Å². The van der Waals surface area contributed by atoms with Gasteiger partial charge in [-0.3, -0.25) is 0 Å². The highest BCUT2D eigenvalue weighted by atomic mass is 15.2. The maximum Gasteiger partial charge on any atom is 0.146 e. The van der Waals surface area contributed by atoms with Gasteiger partial charge in [-0.25, -0.2) is 4.98 Å². The lowest BCUT2D eigenvalue weighted by Gasteiger charge is -2.22. The van der Waals surface area contributed by atoms with E-state index in [1.54, 1.807) is 0 Å². The van der Waals surface area contributed by atoms with Gasteiger partial charge in [0.05, 0.1) is 5.56 Å². The number of nitriles is 1. The molecule has 0 radical (unpaired) electrons. The predicted molar refractivity (Wildman–Crippen MR) is 66.5 cm³/mol. The standard InChI is InChI=1S/C13H19N3/c1-9(2)8-16(5)13-12(7-14)10(3)6-11(4)15-13/h6,9H,8H2,1-5H3. The molecule has 0 saturated heterocycles. The van der Waals surface area contributed by atoms with Crippen LogP contribution in [0.15, 0.2) is 6.07 Å². The molecule has 0 aliphatic rings. The second-order valence-corrected chi connectivity index (χ2v) is 4.67. The second kappa shape index (κ2) is 4.98. The monoisotopic (exact) mass is 217 g/mol. The molecule has 0 bridgehead atoms. The van der Waals surface area contributed by atoms with E-state index in [0.29, 0.717) is 11.5 Å². The number of hydrogen-bond donors (Lipinski definition) is 0. The summed E-state index contributed by atoms with van der Waals surface area (Å²) in [5.41, 5.74) is 2.65. The third kappa shape index (κ3) is 2.73. The van der Waals surface area contributed by atoms with Crippen molar-refractivity contribution < 1.29 is 0 Å². The van der Waals surface area contributed by atoms with E-state index >= 15 is 0 Å². The number of rotatable bonds is 3. The van der Waals surface area contributed by atoms with E-state index in [4.69, 9.17) is 5.26 Å². The lowest BCUT2D eigenvalue weighted by Crippen LogP contribution is -2.25. The lowest BCUT2D eigenvalue weighted by molar-refractivity contribution is 0.633. The van der Waals surface area contributed by atoms with Crippen molar-refractivity contribution in [1.29, 1.82) is 5.26 Å². The van der Waals surface area contributed by atoms with Gasteiger partial charge in [0, 0.05) is 19.3 Å². The average molecular weight is 217 g/mol. The number of aromatic nitrogens is 1. The van der Waals surface area contributed by atoms with Crippen LogP contribution in [0.25, 0.3) is 0 Å². The fourth-order valence-corrected chi connectivity index (χ4v) is 1.87. The van der Waals surface area contributed by atoms with Gasteiger partial charge >= 0.3 is 0 Å². The van der Waals surface area contributed by atoms with E-state index < -0.39 is 0 Å². The molecule has 16 heavy (non-hydrogen) atoms. The Morgan fingerprint density at radius 1 is 1.44 bits per heavy atom. The summed E-state index contributed by atoms with van der Waals surface area (Å²) in [5, 5.41) is 9.16. The van der Waals surface area contributed by atoms with E-state index in [2.05, 4.69) is 29.8 Å². The van der Waals surface area contributed by atoms with Crippen molar-refractivity contribution in [2.75, 3.05) is 18.5 Å². The van der Waals surface area contributed by atoms with Gasteiger partial charge in [0.1, 0.15) is 11.9 Å². The van der Waals surface area contributed by atoms with E-state index in [0.717, 1.165) is 23.6 Å². The largest absolute Gasteiger partial charge is 0.358 e. The Balaban J connectivity index is 3.17. The Morgan fingerprint density at radius 3 is 2.56 bits per heavy atom. The molecule has 0 fully saturated rings.